The minimum absolute atomic E-state index is 0.523. The van der Waals surface area contributed by atoms with Gasteiger partial charge in [-0.2, -0.15) is 0 Å². The van der Waals surface area contributed by atoms with Crippen molar-refractivity contribution >= 4 is 0 Å². The number of rotatable bonds is 6. The summed E-state index contributed by atoms with van der Waals surface area (Å²) < 4.78 is 0. The van der Waals surface area contributed by atoms with Gasteiger partial charge in [-0.15, -0.1) is 0 Å². The van der Waals surface area contributed by atoms with Crippen LogP contribution in [-0.4, -0.2) is 30.6 Å². The van der Waals surface area contributed by atoms with E-state index in [2.05, 4.69) is 47.6 Å². The van der Waals surface area contributed by atoms with Gasteiger partial charge in [0.1, 0.15) is 0 Å². The molecule has 0 bridgehead atoms. The largest absolute Gasteiger partial charge is 0.312 e. The molecule has 2 saturated carbocycles. The minimum atomic E-state index is 0.523. The fourth-order valence-corrected chi connectivity index (χ4v) is 3.66. The van der Waals surface area contributed by atoms with Crippen LogP contribution in [0.1, 0.15) is 63.0 Å². The van der Waals surface area contributed by atoms with Crippen LogP contribution in [0.15, 0.2) is 30.3 Å². The molecule has 0 amide bonds. The van der Waals surface area contributed by atoms with Crippen LogP contribution in [0.3, 0.4) is 0 Å². The first kappa shape index (κ1) is 15.1. The molecule has 0 saturated heterocycles. The molecule has 0 spiro atoms. The molecule has 1 atom stereocenters. The molecule has 0 heterocycles. The van der Waals surface area contributed by atoms with Crippen LogP contribution in [0.5, 0.6) is 0 Å². The summed E-state index contributed by atoms with van der Waals surface area (Å²) in [7, 11) is 2.35. The fraction of sp³-hybridized carbons (Fsp3) is 0.684. The Labute approximate surface area is 129 Å². The quantitative estimate of drug-likeness (QED) is 0.791. The second-order valence-corrected chi connectivity index (χ2v) is 6.92. The van der Waals surface area contributed by atoms with E-state index in [1.165, 1.54) is 56.9 Å². The molecule has 3 rings (SSSR count). The smallest absolute Gasteiger partial charge is 0.0472 e. The van der Waals surface area contributed by atoms with E-state index in [4.69, 9.17) is 0 Å². The molecule has 21 heavy (non-hydrogen) atoms. The molecule has 1 aromatic rings. The molecule has 1 aromatic carbocycles. The lowest BCUT2D eigenvalue weighted by Gasteiger charge is -2.35. The third-order valence-corrected chi connectivity index (χ3v) is 5.25. The molecule has 1 unspecified atom stereocenters. The Hall–Kier alpha value is -0.860. The molecule has 116 valence electrons. The van der Waals surface area contributed by atoms with Crippen molar-refractivity contribution in [2.75, 3.05) is 13.6 Å². The van der Waals surface area contributed by atoms with Gasteiger partial charge >= 0.3 is 0 Å². The molecular weight excluding hydrogens is 256 g/mol. The maximum Gasteiger partial charge on any atom is 0.0472 e. The van der Waals surface area contributed by atoms with Gasteiger partial charge in [0, 0.05) is 24.7 Å². The minimum Gasteiger partial charge on any atom is -0.312 e. The van der Waals surface area contributed by atoms with E-state index >= 15 is 0 Å². The van der Waals surface area contributed by atoms with E-state index in [-0.39, 0.29) is 0 Å². The maximum atomic E-state index is 3.75. The van der Waals surface area contributed by atoms with Crippen molar-refractivity contribution in [1.29, 1.82) is 0 Å². The van der Waals surface area contributed by atoms with E-state index in [1.807, 2.05) is 0 Å². The molecule has 0 aliphatic heterocycles. The maximum absolute atomic E-state index is 3.75. The van der Waals surface area contributed by atoms with E-state index < -0.39 is 0 Å². The van der Waals surface area contributed by atoms with E-state index in [0.29, 0.717) is 6.04 Å². The fourth-order valence-electron chi connectivity index (χ4n) is 3.66. The highest BCUT2D eigenvalue weighted by molar-refractivity contribution is 5.19. The van der Waals surface area contributed by atoms with Crippen LogP contribution < -0.4 is 5.32 Å². The summed E-state index contributed by atoms with van der Waals surface area (Å²) in [6.45, 7) is 1.10. The van der Waals surface area contributed by atoms with Gasteiger partial charge in [0.25, 0.3) is 0 Å². The van der Waals surface area contributed by atoms with Gasteiger partial charge in [-0.3, -0.25) is 4.90 Å². The average Bonchev–Trinajstić information content (AvgIpc) is 3.35. The SMILES string of the molecule is CN(C1CCCCCC1)C(CNC1CC1)c1ccccc1. The van der Waals surface area contributed by atoms with Gasteiger partial charge < -0.3 is 5.32 Å². The summed E-state index contributed by atoms with van der Waals surface area (Å²) in [5, 5.41) is 3.75. The average molecular weight is 286 g/mol. The van der Waals surface area contributed by atoms with Gasteiger partial charge in [-0.1, -0.05) is 56.0 Å². The summed E-state index contributed by atoms with van der Waals surface area (Å²) in [4.78, 5) is 2.66. The zero-order valence-electron chi connectivity index (χ0n) is 13.4. The third kappa shape index (κ3) is 4.31. The Bertz CT molecular complexity index is 405. The van der Waals surface area contributed by atoms with Crippen LogP contribution in [0, 0.1) is 0 Å². The Morgan fingerprint density at radius 1 is 1.00 bits per heavy atom. The molecule has 0 radical (unpaired) electrons. The van der Waals surface area contributed by atoms with E-state index in [9.17, 15) is 0 Å². The standard InChI is InChI=1S/C19H30N2/c1-21(18-11-7-2-3-8-12-18)19(15-20-17-13-14-17)16-9-5-4-6-10-16/h4-6,9-10,17-20H,2-3,7-8,11-15H2,1H3. The highest BCUT2D eigenvalue weighted by Gasteiger charge is 2.27. The molecule has 2 nitrogen and oxygen atoms in total. The van der Waals surface area contributed by atoms with Crippen molar-refractivity contribution in [1.82, 2.24) is 10.2 Å². The van der Waals surface area contributed by atoms with Gasteiger partial charge in [0.2, 0.25) is 0 Å². The molecular formula is C19H30N2. The highest BCUT2D eigenvalue weighted by Crippen LogP contribution is 2.29. The van der Waals surface area contributed by atoms with Crippen molar-refractivity contribution < 1.29 is 0 Å². The number of nitrogens with zero attached hydrogens (tertiary/aromatic N) is 1. The summed E-state index contributed by atoms with van der Waals surface area (Å²) >= 11 is 0. The molecule has 1 N–H and O–H groups in total. The zero-order valence-corrected chi connectivity index (χ0v) is 13.4. The van der Waals surface area contributed by atoms with E-state index in [0.717, 1.165) is 18.6 Å². The number of hydrogen-bond acceptors (Lipinski definition) is 2. The first-order valence-electron chi connectivity index (χ1n) is 8.85. The van der Waals surface area contributed by atoms with Crippen LogP contribution >= 0.6 is 0 Å². The van der Waals surface area contributed by atoms with Crippen LogP contribution in [0.4, 0.5) is 0 Å². The molecule has 2 aliphatic carbocycles. The monoisotopic (exact) mass is 286 g/mol. The summed E-state index contributed by atoms with van der Waals surface area (Å²) in [5.74, 6) is 0. The van der Waals surface area contributed by atoms with Crippen molar-refractivity contribution in [3.63, 3.8) is 0 Å². The lowest BCUT2D eigenvalue weighted by molar-refractivity contribution is 0.154. The molecule has 2 aliphatic rings. The first-order valence-corrected chi connectivity index (χ1v) is 8.85. The Kier molecular flexibility index (Phi) is 5.32. The van der Waals surface area contributed by atoms with Crippen molar-refractivity contribution in [3.8, 4) is 0 Å². The van der Waals surface area contributed by atoms with Gasteiger partial charge in [-0.05, 0) is 38.3 Å². The molecule has 0 aromatic heterocycles. The first-order chi connectivity index (χ1) is 10.3. The summed E-state index contributed by atoms with van der Waals surface area (Å²) in [6.07, 6.45) is 11.2. The number of hydrogen-bond donors (Lipinski definition) is 1. The Morgan fingerprint density at radius 3 is 2.29 bits per heavy atom. The lowest BCUT2D eigenvalue weighted by atomic mass is 10.0. The molecule has 2 fully saturated rings. The second-order valence-electron chi connectivity index (χ2n) is 6.92. The summed E-state index contributed by atoms with van der Waals surface area (Å²) in [5.41, 5.74) is 1.47. The lowest BCUT2D eigenvalue weighted by Crippen LogP contribution is -2.40. The Balaban J connectivity index is 1.69. The zero-order chi connectivity index (χ0) is 14.5. The predicted octanol–water partition coefficient (Wildman–Crippen LogP) is 4.13. The van der Waals surface area contributed by atoms with Crippen molar-refractivity contribution in [2.24, 2.45) is 0 Å². The number of likely N-dealkylation sites (N-methyl/N-ethyl adjacent to an activating group) is 1. The van der Waals surface area contributed by atoms with Gasteiger partial charge in [-0.25, -0.2) is 0 Å². The van der Waals surface area contributed by atoms with Crippen LogP contribution in [0.25, 0.3) is 0 Å². The Morgan fingerprint density at radius 2 is 1.67 bits per heavy atom. The normalized spacial score (nSPS) is 22.2. The topological polar surface area (TPSA) is 15.3 Å². The van der Waals surface area contributed by atoms with E-state index in [1.54, 1.807) is 0 Å². The highest BCUT2D eigenvalue weighted by atomic mass is 15.2. The predicted molar refractivity (Wildman–Crippen MR) is 89.5 cm³/mol. The van der Waals surface area contributed by atoms with Crippen molar-refractivity contribution in [2.45, 2.75) is 69.5 Å². The summed E-state index contributed by atoms with van der Waals surface area (Å²) in [6, 6.07) is 13.2. The van der Waals surface area contributed by atoms with Gasteiger partial charge in [0.15, 0.2) is 0 Å². The number of benzene rings is 1. The number of nitrogens with one attached hydrogen (secondary N) is 1. The van der Waals surface area contributed by atoms with Crippen LogP contribution in [0.2, 0.25) is 0 Å². The second kappa shape index (κ2) is 7.42. The third-order valence-electron chi connectivity index (χ3n) is 5.25. The van der Waals surface area contributed by atoms with Crippen molar-refractivity contribution in [3.05, 3.63) is 35.9 Å². The molecule has 2 heteroatoms. The van der Waals surface area contributed by atoms with Crippen LogP contribution in [-0.2, 0) is 0 Å². The van der Waals surface area contributed by atoms with Gasteiger partial charge in [0.05, 0.1) is 0 Å².